The van der Waals surface area contributed by atoms with Crippen molar-refractivity contribution in [1.82, 2.24) is 5.32 Å². The van der Waals surface area contributed by atoms with Gasteiger partial charge in [0.15, 0.2) is 6.61 Å². The first-order valence-electron chi connectivity index (χ1n) is 10.1. The summed E-state index contributed by atoms with van der Waals surface area (Å²) in [5.74, 6) is -1.67. The van der Waals surface area contributed by atoms with Crippen LogP contribution in [0.4, 0.5) is 10.1 Å². The monoisotopic (exact) mass is 470 g/mol. The zero-order valence-electron chi connectivity index (χ0n) is 18.0. The number of sulfonamides is 1. The van der Waals surface area contributed by atoms with Crippen LogP contribution in [-0.4, -0.2) is 26.9 Å². The zero-order valence-corrected chi connectivity index (χ0v) is 18.9. The van der Waals surface area contributed by atoms with Gasteiger partial charge in [0.05, 0.1) is 16.5 Å². The zero-order chi connectivity index (χ0) is 24.0. The molecule has 0 fully saturated rings. The maximum Gasteiger partial charge on any atom is 0.338 e. The van der Waals surface area contributed by atoms with E-state index in [9.17, 15) is 22.4 Å². The number of hydrogen-bond donors (Lipinski definition) is 2. The standard InChI is InChI=1S/C24H23FN2O5S/c1-16-3-11-21(12-4-16)27-33(30,31)22-13-7-19(8-14-22)24(29)32-15-23(28)26-17(2)18-5-9-20(25)10-6-18/h3-14,17,27H,15H2,1-2H3,(H,26,28). The van der Waals surface area contributed by atoms with E-state index in [1.807, 2.05) is 6.92 Å². The van der Waals surface area contributed by atoms with Crippen LogP contribution in [0.3, 0.4) is 0 Å². The minimum absolute atomic E-state index is 0.0227. The van der Waals surface area contributed by atoms with Gasteiger partial charge in [-0.1, -0.05) is 29.8 Å². The van der Waals surface area contributed by atoms with Gasteiger partial charge in [0.25, 0.3) is 15.9 Å². The molecule has 3 aromatic rings. The van der Waals surface area contributed by atoms with Gasteiger partial charge in [-0.05, 0) is 67.9 Å². The van der Waals surface area contributed by atoms with Crippen molar-refractivity contribution in [3.05, 3.63) is 95.3 Å². The summed E-state index contributed by atoms with van der Waals surface area (Å²) in [5.41, 5.74) is 2.22. The van der Waals surface area contributed by atoms with Crippen molar-refractivity contribution in [3.63, 3.8) is 0 Å². The van der Waals surface area contributed by atoms with Gasteiger partial charge in [-0.3, -0.25) is 9.52 Å². The van der Waals surface area contributed by atoms with Crippen LogP contribution in [0.25, 0.3) is 0 Å². The summed E-state index contributed by atoms with van der Waals surface area (Å²) in [6.07, 6.45) is 0. The Hall–Kier alpha value is -3.72. The fourth-order valence-electron chi connectivity index (χ4n) is 2.94. The lowest BCUT2D eigenvalue weighted by atomic mass is 10.1. The minimum Gasteiger partial charge on any atom is -0.452 e. The number of anilines is 1. The quantitative estimate of drug-likeness (QED) is 0.485. The van der Waals surface area contributed by atoms with E-state index in [0.717, 1.165) is 5.56 Å². The van der Waals surface area contributed by atoms with Crippen LogP contribution in [0.15, 0.2) is 77.7 Å². The topological polar surface area (TPSA) is 102 Å². The van der Waals surface area contributed by atoms with Gasteiger partial charge in [-0.25, -0.2) is 17.6 Å². The molecule has 0 aliphatic heterocycles. The summed E-state index contributed by atoms with van der Waals surface area (Å²) < 4.78 is 45.5. The van der Waals surface area contributed by atoms with E-state index >= 15 is 0 Å². The highest BCUT2D eigenvalue weighted by molar-refractivity contribution is 7.92. The molecule has 0 radical (unpaired) electrons. The van der Waals surface area contributed by atoms with E-state index in [0.29, 0.717) is 11.3 Å². The molecule has 172 valence electrons. The SMILES string of the molecule is Cc1ccc(NS(=O)(=O)c2ccc(C(=O)OCC(=O)NC(C)c3ccc(F)cc3)cc2)cc1. The number of carbonyl (C=O) groups excluding carboxylic acids is 2. The molecule has 0 saturated carbocycles. The van der Waals surface area contributed by atoms with E-state index < -0.39 is 34.5 Å². The van der Waals surface area contributed by atoms with E-state index in [-0.39, 0.29) is 16.3 Å². The number of halogens is 1. The Balaban J connectivity index is 1.54. The Kier molecular flexibility index (Phi) is 7.44. The summed E-state index contributed by atoms with van der Waals surface area (Å²) >= 11 is 0. The molecule has 1 amide bonds. The van der Waals surface area contributed by atoms with Crippen molar-refractivity contribution in [2.24, 2.45) is 0 Å². The number of nitrogens with one attached hydrogen (secondary N) is 2. The first kappa shape index (κ1) is 23.9. The van der Waals surface area contributed by atoms with Crippen molar-refractivity contribution >= 4 is 27.6 Å². The van der Waals surface area contributed by atoms with Gasteiger partial charge < -0.3 is 10.1 Å². The molecular formula is C24H23FN2O5S. The second kappa shape index (κ2) is 10.3. The predicted molar refractivity (Wildman–Crippen MR) is 122 cm³/mol. The summed E-state index contributed by atoms with van der Waals surface area (Å²) in [4.78, 5) is 24.3. The first-order chi connectivity index (χ1) is 15.6. The second-order valence-corrected chi connectivity index (χ2v) is 9.10. The minimum atomic E-state index is -3.83. The Morgan fingerprint density at radius 3 is 2.15 bits per heavy atom. The Morgan fingerprint density at radius 1 is 0.939 bits per heavy atom. The summed E-state index contributed by atoms with van der Waals surface area (Å²) in [6, 6.07) is 17.3. The fraction of sp³-hybridized carbons (Fsp3) is 0.167. The summed E-state index contributed by atoms with van der Waals surface area (Å²) in [7, 11) is -3.83. The van der Waals surface area contributed by atoms with Gasteiger partial charge in [0, 0.05) is 5.69 Å². The van der Waals surface area contributed by atoms with E-state index in [1.165, 1.54) is 36.4 Å². The van der Waals surface area contributed by atoms with Gasteiger partial charge in [-0.15, -0.1) is 0 Å². The molecule has 3 rings (SSSR count). The Labute approximate surface area is 191 Å². The van der Waals surface area contributed by atoms with Crippen LogP contribution in [0.2, 0.25) is 0 Å². The van der Waals surface area contributed by atoms with Crippen molar-refractivity contribution in [2.75, 3.05) is 11.3 Å². The fourth-order valence-corrected chi connectivity index (χ4v) is 4.00. The molecule has 0 heterocycles. The highest BCUT2D eigenvalue weighted by atomic mass is 32.2. The molecule has 1 unspecified atom stereocenters. The maximum absolute atomic E-state index is 13.0. The van der Waals surface area contributed by atoms with Crippen LogP contribution < -0.4 is 10.0 Å². The maximum atomic E-state index is 13.0. The molecule has 3 aromatic carbocycles. The van der Waals surface area contributed by atoms with Crippen molar-refractivity contribution < 1.29 is 27.1 Å². The van der Waals surface area contributed by atoms with E-state index in [2.05, 4.69) is 10.0 Å². The average Bonchev–Trinajstić information content (AvgIpc) is 2.79. The van der Waals surface area contributed by atoms with Gasteiger partial charge in [-0.2, -0.15) is 0 Å². The molecule has 7 nitrogen and oxygen atoms in total. The number of carbonyl (C=O) groups is 2. The third-order valence-electron chi connectivity index (χ3n) is 4.79. The molecule has 0 aliphatic rings. The number of hydrogen-bond acceptors (Lipinski definition) is 5. The second-order valence-electron chi connectivity index (χ2n) is 7.41. The molecule has 0 saturated heterocycles. The highest BCUT2D eigenvalue weighted by Crippen LogP contribution is 2.18. The summed E-state index contributed by atoms with van der Waals surface area (Å²) in [6.45, 7) is 3.10. The van der Waals surface area contributed by atoms with Crippen LogP contribution >= 0.6 is 0 Å². The lowest BCUT2D eigenvalue weighted by Gasteiger charge is -2.14. The van der Waals surface area contributed by atoms with Gasteiger partial charge in [0.2, 0.25) is 0 Å². The molecule has 0 spiro atoms. The van der Waals surface area contributed by atoms with Crippen molar-refractivity contribution in [3.8, 4) is 0 Å². The van der Waals surface area contributed by atoms with Crippen LogP contribution in [0.5, 0.6) is 0 Å². The number of benzene rings is 3. The predicted octanol–water partition coefficient (Wildman–Crippen LogP) is 3.97. The number of esters is 1. The van der Waals surface area contributed by atoms with Gasteiger partial charge >= 0.3 is 5.97 Å². The lowest BCUT2D eigenvalue weighted by molar-refractivity contribution is -0.124. The largest absolute Gasteiger partial charge is 0.452 e. The van der Waals surface area contributed by atoms with Crippen molar-refractivity contribution in [1.29, 1.82) is 0 Å². The summed E-state index contributed by atoms with van der Waals surface area (Å²) in [5, 5.41) is 2.65. The molecular weight excluding hydrogens is 447 g/mol. The van der Waals surface area contributed by atoms with Crippen molar-refractivity contribution in [2.45, 2.75) is 24.8 Å². The molecule has 9 heteroatoms. The lowest BCUT2D eigenvalue weighted by Crippen LogP contribution is -2.31. The Bertz CT molecular complexity index is 1230. The molecule has 0 bridgehead atoms. The molecule has 1 atom stereocenters. The molecule has 0 aromatic heterocycles. The Morgan fingerprint density at radius 2 is 1.55 bits per heavy atom. The van der Waals surface area contributed by atoms with E-state index in [4.69, 9.17) is 4.74 Å². The highest BCUT2D eigenvalue weighted by Gasteiger charge is 2.17. The third kappa shape index (κ3) is 6.63. The smallest absolute Gasteiger partial charge is 0.338 e. The average molecular weight is 471 g/mol. The molecule has 2 N–H and O–H groups in total. The number of rotatable bonds is 8. The number of ether oxygens (including phenoxy) is 1. The molecule has 0 aliphatic carbocycles. The number of aryl methyl sites for hydroxylation is 1. The van der Waals surface area contributed by atoms with E-state index in [1.54, 1.807) is 43.3 Å². The number of amides is 1. The normalized spacial score (nSPS) is 12.0. The van der Waals surface area contributed by atoms with Crippen LogP contribution in [0.1, 0.15) is 34.5 Å². The molecule has 33 heavy (non-hydrogen) atoms. The van der Waals surface area contributed by atoms with Crippen LogP contribution in [0, 0.1) is 12.7 Å². The van der Waals surface area contributed by atoms with Crippen LogP contribution in [-0.2, 0) is 19.6 Å². The first-order valence-corrected chi connectivity index (χ1v) is 11.5. The van der Waals surface area contributed by atoms with Gasteiger partial charge in [0.1, 0.15) is 5.82 Å². The third-order valence-corrected chi connectivity index (χ3v) is 6.18.